The number of anilines is 1. The number of benzene rings is 2. The van der Waals surface area contributed by atoms with E-state index >= 15 is 0 Å². The molecule has 1 saturated heterocycles. The number of thioether (sulfide) groups is 1. The molecule has 1 fully saturated rings. The van der Waals surface area contributed by atoms with Crippen LogP contribution in [0.1, 0.15) is 34.8 Å². The van der Waals surface area contributed by atoms with Crippen molar-refractivity contribution in [2.75, 3.05) is 18.8 Å². The Morgan fingerprint density at radius 2 is 1.67 bits per heavy atom. The molecular weight excluding hydrogens is 454 g/mol. The number of aromatic nitrogens is 1. The fourth-order valence-corrected chi connectivity index (χ4v) is 5.20. The van der Waals surface area contributed by atoms with E-state index in [0.29, 0.717) is 34.3 Å². The van der Waals surface area contributed by atoms with Gasteiger partial charge in [0.25, 0.3) is 0 Å². The summed E-state index contributed by atoms with van der Waals surface area (Å²) in [5.41, 5.74) is 8.34. The highest BCUT2D eigenvalue weighted by Crippen LogP contribution is 2.42. The molecule has 0 saturated carbocycles. The molecule has 1 aliphatic heterocycles. The Morgan fingerprint density at radius 3 is 2.27 bits per heavy atom. The van der Waals surface area contributed by atoms with Crippen LogP contribution in [0, 0.1) is 22.7 Å². The first kappa shape index (κ1) is 22.7. The Bertz CT molecular complexity index is 1260. The molecule has 1 aromatic heterocycles. The van der Waals surface area contributed by atoms with Gasteiger partial charge in [0.1, 0.15) is 33.8 Å². The number of halogens is 1. The number of hydrogen-bond acceptors (Lipinski definition) is 6. The molecule has 1 aliphatic rings. The minimum atomic E-state index is -0.589. The summed E-state index contributed by atoms with van der Waals surface area (Å²) in [5, 5.41) is 20.1. The van der Waals surface area contributed by atoms with Gasteiger partial charge in [-0.25, -0.2) is 4.98 Å². The fourth-order valence-electron chi connectivity index (χ4n) is 3.89. The summed E-state index contributed by atoms with van der Waals surface area (Å²) in [6.45, 7) is 1.43. The van der Waals surface area contributed by atoms with E-state index in [1.54, 1.807) is 24.3 Å². The average molecular weight is 474 g/mol. The molecule has 1 amide bonds. The van der Waals surface area contributed by atoms with Gasteiger partial charge < -0.3 is 10.6 Å². The van der Waals surface area contributed by atoms with Crippen LogP contribution < -0.4 is 5.73 Å². The van der Waals surface area contributed by atoms with Crippen molar-refractivity contribution >= 4 is 35.1 Å². The van der Waals surface area contributed by atoms with Crippen LogP contribution in [0.2, 0.25) is 5.02 Å². The van der Waals surface area contributed by atoms with Crippen LogP contribution in [0.4, 0.5) is 5.82 Å². The van der Waals surface area contributed by atoms with Gasteiger partial charge in [-0.2, -0.15) is 10.5 Å². The lowest BCUT2D eigenvalue weighted by molar-refractivity contribution is -0.129. The molecule has 0 bridgehead atoms. The largest absolute Gasteiger partial charge is 0.383 e. The smallest absolute Gasteiger partial charge is 0.240 e. The summed E-state index contributed by atoms with van der Waals surface area (Å²) in [6, 6.07) is 20.6. The number of pyridine rings is 1. The number of nitriles is 2. The predicted molar refractivity (Wildman–Crippen MR) is 129 cm³/mol. The highest BCUT2D eigenvalue weighted by molar-refractivity contribution is 8.00. The van der Waals surface area contributed by atoms with Crippen molar-refractivity contribution in [3.8, 4) is 23.3 Å². The number of nitrogens with zero attached hydrogens (tertiary/aromatic N) is 4. The molecule has 0 radical (unpaired) electrons. The number of amides is 1. The second kappa shape index (κ2) is 9.95. The van der Waals surface area contributed by atoms with Gasteiger partial charge in [0, 0.05) is 23.7 Å². The second-order valence-corrected chi connectivity index (χ2v) is 9.13. The van der Waals surface area contributed by atoms with E-state index in [2.05, 4.69) is 17.1 Å². The van der Waals surface area contributed by atoms with Crippen LogP contribution in [0.3, 0.4) is 0 Å². The lowest BCUT2D eigenvalue weighted by Crippen LogP contribution is -2.31. The molecule has 6 nitrogen and oxygen atoms in total. The first-order chi connectivity index (χ1) is 16.0. The molecule has 0 aliphatic carbocycles. The highest BCUT2D eigenvalue weighted by atomic mass is 35.5. The summed E-state index contributed by atoms with van der Waals surface area (Å²) >= 11 is 7.22. The van der Waals surface area contributed by atoms with Gasteiger partial charge in [0.05, 0.1) is 5.56 Å². The van der Waals surface area contributed by atoms with Crippen LogP contribution in [0.5, 0.6) is 0 Å². The summed E-state index contributed by atoms with van der Waals surface area (Å²) in [5.74, 6) is -0.00486. The minimum absolute atomic E-state index is 0.0179. The van der Waals surface area contributed by atoms with E-state index in [0.717, 1.165) is 18.4 Å². The quantitative estimate of drug-likeness (QED) is 0.511. The normalized spacial score (nSPS) is 13.8. The van der Waals surface area contributed by atoms with Crippen LogP contribution in [0.25, 0.3) is 11.1 Å². The van der Waals surface area contributed by atoms with Crippen LogP contribution in [-0.4, -0.2) is 28.9 Å². The molecule has 4 rings (SSSR count). The Kier molecular flexibility index (Phi) is 6.84. The van der Waals surface area contributed by atoms with Crippen molar-refractivity contribution in [1.82, 2.24) is 9.88 Å². The maximum absolute atomic E-state index is 13.4. The number of nitrogen functional groups attached to an aromatic ring is 1. The number of likely N-dealkylation sites (tertiary alicyclic amines) is 1. The Labute approximate surface area is 201 Å². The van der Waals surface area contributed by atoms with Gasteiger partial charge in [-0.3, -0.25) is 4.79 Å². The zero-order valence-electron chi connectivity index (χ0n) is 17.7. The topological polar surface area (TPSA) is 107 Å². The SMILES string of the molecule is N#Cc1c(N)nc(SC(C(=O)N2CCCC2)c2ccccc2)c(C#N)c1-c1ccc(Cl)cc1. The third kappa shape index (κ3) is 4.66. The van der Waals surface area contributed by atoms with Crippen molar-refractivity contribution in [3.63, 3.8) is 0 Å². The van der Waals surface area contributed by atoms with Crippen molar-refractivity contribution in [2.24, 2.45) is 0 Å². The van der Waals surface area contributed by atoms with Crippen molar-refractivity contribution in [1.29, 1.82) is 10.5 Å². The van der Waals surface area contributed by atoms with Gasteiger partial charge >= 0.3 is 0 Å². The average Bonchev–Trinajstić information content (AvgIpc) is 3.38. The Hall–Kier alpha value is -3.52. The zero-order chi connectivity index (χ0) is 23.4. The highest BCUT2D eigenvalue weighted by Gasteiger charge is 2.31. The van der Waals surface area contributed by atoms with E-state index < -0.39 is 5.25 Å². The lowest BCUT2D eigenvalue weighted by atomic mass is 9.97. The maximum Gasteiger partial charge on any atom is 0.240 e. The molecule has 2 aromatic carbocycles. The predicted octanol–water partition coefficient (Wildman–Crippen LogP) is 5.18. The van der Waals surface area contributed by atoms with E-state index in [9.17, 15) is 15.3 Å². The molecule has 3 aromatic rings. The standard InChI is InChI=1S/C25H20ClN5OS/c26-18-10-8-16(9-11-18)21-19(14-27)23(29)30-24(20(21)15-28)33-22(17-6-2-1-3-7-17)25(32)31-12-4-5-13-31/h1-3,6-11,22H,4-5,12-13H2,(H2,29,30). The number of hydrogen-bond donors (Lipinski definition) is 1. The summed E-state index contributed by atoms with van der Waals surface area (Å²) in [7, 11) is 0. The molecule has 2 heterocycles. The van der Waals surface area contributed by atoms with Gasteiger partial charge in [-0.1, -0.05) is 65.8 Å². The first-order valence-electron chi connectivity index (χ1n) is 10.4. The molecule has 0 spiro atoms. The van der Waals surface area contributed by atoms with E-state index in [1.165, 1.54) is 11.8 Å². The zero-order valence-corrected chi connectivity index (χ0v) is 19.2. The van der Waals surface area contributed by atoms with Crippen LogP contribution in [0.15, 0.2) is 59.6 Å². The molecule has 1 unspecified atom stereocenters. The maximum atomic E-state index is 13.4. The first-order valence-corrected chi connectivity index (χ1v) is 11.7. The number of nitrogens with two attached hydrogens (primary N) is 1. The molecule has 2 N–H and O–H groups in total. The molecule has 33 heavy (non-hydrogen) atoms. The third-order valence-corrected chi connectivity index (χ3v) is 7.00. The molecule has 1 atom stereocenters. The van der Waals surface area contributed by atoms with E-state index in [1.807, 2.05) is 35.2 Å². The van der Waals surface area contributed by atoms with Crippen molar-refractivity contribution in [2.45, 2.75) is 23.1 Å². The van der Waals surface area contributed by atoms with Crippen molar-refractivity contribution < 1.29 is 4.79 Å². The minimum Gasteiger partial charge on any atom is -0.383 e. The van der Waals surface area contributed by atoms with Crippen molar-refractivity contribution in [3.05, 3.63) is 76.3 Å². The van der Waals surface area contributed by atoms with Gasteiger partial charge in [0.15, 0.2) is 0 Å². The number of rotatable bonds is 5. The lowest BCUT2D eigenvalue weighted by Gasteiger charge is -2.24. The monoisotopic (exact) mass is 473 g/mol. The number of carbonyl (C=O) groups excluding carboxylic acids is 1. The van der Waals surface area contributed by atoms with Crippen LogP contribution >= 0.6 is 23.4 Å². The Balaban J connectivity index is 1.85. The van der Waals surface area contributed by atoms with E-state index in [4.69, 9.17) is 17.3 Å². The Morgan fingerprint density at radius 1 is 1.03 bits per heavy atom. The summed E-state index contributed by atoms with van der Waals surface area (Å²) in [4.78, 5) is 19.7. The molecule has 164 valence electrons. The fraction of sp³-hybridized carbons (Fsp3) is 0.200. The summed E-state index contributed by atoms with van der Waals surface area (Å²) < 4.78 is 0. The third-order valence-electron chi connectivity index (χ3n) is 5.52. The summed E-state index contributed by atoms with van der Waals surface area (Å²) in [6.07, 6.45) is 1.95. The van der Waals surface area contributed by atoms with Gasteiger partial charge in [-0.05, 0) is 36.1 Å². The molecular formula is C25H20ClN5OS. The number of carbonyl (C=O) groups is 1. The second-order valence-electron chi connectivity index (χ2n) is 7.60. The van der Waals surface area contributed by atoms with Gasteiger partial charge in [-0.15, -0.1) is 0 Å². The van der Waals surface area contributed by atoms with E-state index in [-0.39, 0.29) is 22.9 Å². The van der Waals surface area contributed by atoms with Crippen LogP contribution in [-0.2, 0) is 4.79 Å². The molecule has 8 heteroatoms. The van der Waals surface area contributed by atoms with Gasteiger partial charge in [0.2, 0.25) is 5.91 Å².